The summed E-state index contributed by atoms with van der Waals surface area (Å²) in [4.78, 5) is 8.52. The molecule has 0 N–H and O–H groups in total. The van der Waals surface area contributed by atoms with E-state index >= 15 is 0 Å². The zero-order valence-corrected chi connectivity index (χ0v) is 7.41. The van der Waals surface area contributed by atoms with Crippen LogP contribution in [0.2, 0.25) is 0 Å². The highest BCUT2D eigenvalue weighted by molar-refractivity contribution is 5.60. The van der Waals surface area contributed by atoms with Gasteiger partial charge in [0.05, 0.1) is 11.4 Å². The molecule has 1 aliphatic carbocycles. The topological polar surface area (TPSA) is 25.8 Å². The monoisotopic (exact) mass is 160 g/mol. The second-order valence-electron chi connectivity index (χ2n) is 3.38. The van der Waals surface area contributed by atoms with Crippen LogP contribution in [0.1, 0.15) is 36.7 Å². The molecule has 0 saturated heterocycles. The number of hydrogen-bond acceptors (Lipinski definition) is 2. The standard InChI is InChI=1S/C10H12N2/c1-7(2)10-8-4-3-5-9(8)11-6-12-10/h3-4,6-7H,5H2,1-2H3. The van der Waals surface area contributed by atoms with Gasteiger partial charge in [-0.3, -0.25) is 0 Å². The second-order valence-corrected chi connectivity index (χ2v) is 3.38. The van der Waals surface area contributed by atoms with Gasteiger partial charge in [0.25, 0.3) is 0 Å². The molecule has 0 aromatic carbocycles. The average Bonchev–Trinajstić information content (AvgIpc) is 2.49. The molecule has 0 amide bonds. The molecule has 1 aromatic rings. The Kier molecular flexibility index (Phi) is 1.68. The lowest BCUT2D eigenvalue weighted by atomic mass is 10.0. The zero-order chi connectivity index (χ0) is 8.55. The highest BCUT2D eigenvalue weighted by Gasteiger charge is 2.13. The molecule has 0 fully saturated rings. The lowest BCUT2D eigenvalue weighted by Gasteiger charge is -2.07. The Hall–Kier alpha value is -1.18. The van der Waals surface area contributed by atoms with Gasteiger partial charge in [0.2, 0.25) is 0 Å². The highest BCUT2D eigenvalue weighted by Crippen LogP contribution is 2.24. The minimum absolute atomic E-state index is 0.490. The van der Waals surface area contributed by atoms with Gasteiger partial charge in [0.1, 0.15) is 6.33 Å². The van der Waals surface area contributed by atoms with Gasteiger partial charge < -0.3 is 0 Å². The SMILES string of the molecule is CC(C)c1ncnc2c1C=CC2. The quantitative estimate of drug-likeness (QED) is 0.629. The van der Waals surface area contributed by atoms with Crippen LogP contribution in [-0.4, -0.2) is 9.97 Å². The summed E-state index contributed by atoms with van der Waals surface area (Å²) in [6.45, 7) is 4.32. The van der Waals surface area contributed by atoms with Crippen LogP contribution >= 0.6 is 0 Å². The van der Waals surface area contributed by atoms with E-state index in [0.29, 0.717) is 5.92 Å². The maximum atomic E-state index is 4.29. The molecule has 1 heterocycles. The molecule has 0 atom stereocenters. The fourth-order valence-electron chi connectivity index (χ4n) is 1.54. The van der Waals surface area contributed by atoms with Gasteiger partial charge in [-0.25, -0.2) is 9.97 Å². The summed E-state index contributed by atoms with van der Waals surface area (Å²) >= 11 is 0. The Morgan fingerprint density at radius 3 is 2.92 bits per heavy atom. The van der Waals surface area contributed by atoms with Crippen LogP contribution < -0.4 is 0 Å². The molecule has 12 heavy (non-hydrogen) atoms. The van der Waals surface area contributed by atoms with E-state index in [0.717, 1.165) is 6.42 Å². The van der Waals surface area contributed by atoms with Crippen molar-refractivity contribution in [3.8, 4) is 0 Å². The largest absolute Gasteiger partial charge is 0.240 e. The first-order valence-electron chi connectivity index (χ1n) is 4.29. The van der Waals surface area contributed by atoms with E-state index in [1.165, 1.54) is 17.0 Å². The van der Waals surface area contributed by atoms with Crippen molar-refractivity contribution in [2.24, 2.45) is 0 Å². The number of nitrogens with zero attached hydrogens (tertiary/aromatic N) is 2. The Morgan fingerprint density at radius 1 is 1.33 bits per heavy atom. The maximum absolute atomic E-state index is 4.29. The van der Waals surface area contributed by atoms with Crippen LogP contribution in [0.15, 0.2) is 12.4 Å². The molecule has 0 radical (unpaired) electrons. The lowest BCUT2D eigenvalue weighted by Crippen LogP contribution is -2.00. The first-order chi connectivity index (χ1) is 5.79. The molecular weight excluding hydrogens is 148 g/mol. The predicted molar refractivity (Wildman–Crippen MR) is 48.9 cm³/mol. The lowest BCUT2D eigenvalue weighted by molar-refractivity contribution is 0.804. The molecule has 1 aliphatic rings. The van der Waals surface area contributed by atoms with E-state index < -0.39 is 0 Å². The van der Waals surface area contributed by atoms with Gasteiger partial charge in [-0.2, -0.15) is 0 Å². The molecule has 62 valence electrons. The van der Waals surface area contributed by atoms with Crippen molar-refractivity contribution in [1.82, 2.24) is 9.97 Å². The van der Waals surface area contributed by atoms with E-state index in [4.69, 9.17) is 0 Å². The van der Waals surface area contributed by atoms with Gasteiger partial charge in [0, 0.05) is 12.0 Å². The molecule has 2 nitrogen and oxygen atoms in total. The summed E-state index contributed by atoms with van der Waals surface area (Å²) in [5, 5.41) is 0. The Balaban J connectivity index is 2.56. The van der Waals surface area contributed by atoms with Crippen LogP contribution in [0.3, 0.4) is 0 Å². The van der Waals surface area contributed by atoms with Crippen molar-refractivity contribution in [3.05, 3.63) is 29.4 Å². The maximum Gasteiger partial charge on any atom is 0.116 e. The molecule has 1 aromatic heterocycles. The van der Waals surface area contributed by atoms with Crippen LogP contribution in [0, 0.1) is 0 Å². The summed E-state index contributed by atoms with van der Waals surface area (Å²) in [7, 11) is 0. The van der Waals surface area contributed by atoms with Gasteiger partial charge in [-0.1, -0.05) is 26.0 Å². The third-order valence-corrected chi connectivity index (χ3v) is 2.14. The zero-order valence-electron chi connectivity index (χ0n) is 7.41. The van der Waals surface area contributed by atoms with Crippen molar-refractivity contribution >= 4 is 6.08 Å². The Labute approximate surface area is 72.4 Å². The van der Waals surface area contributed by atoms with E-state index in [2.05, 4.69) is 36.0 Å². The van der Waals surface area contributed by atoms with Crippen LogP contribution in [0.25, 0.3) is 6.08 Å². The molecule has 0 unspecified atom stereocenters. The number of rotatable bonds is 1. The van der Waals surface area contributed by atoms with Crippen molar-refractivity contribution < 1.29 is 0 Å². The minimum Gasteiger partial charge on any atom is -0.240 e. The average molecular weight is 160 g/mol. The third kappa shape index (κ3) is 1.04. The molecule has 0 bridgehead atoms. The Morgan fingerprint density at radius 2 is 2.17 bits per heavy atom. The number of fused-ring (bicyclic) bond motifs is 1. The summed E-state index contributed by atoms with van der Waals surface area (Å²) < 4.78 is 0. The first-order valence-corrected chi connectivity index (χ1v) is 4.29. The smallest absolute Gasteiger partial charge is 0.116 e. The number of allylic oxidation sites excluding steroid dienone is 1. The number of hydrogen-bond donors (Lipinski definition) is 0. The van der Waals surface area contributed by atoms with E-state index in [9.17, 15) is 0 Å². The molecule has 0 aliphatic heterocycles. The number of aromatic nitrogens is 2. The van der Waals surface area contributed by atoms with Gasteiger partial charge >= 0.3 is 0 Å². The summed E-state index contributed by atoms with van der Waals surface area (Å²) in [6.07, 6.45) is 6.91. The third-order valence-electron chi connectivity index (χ3n) is 2.14. The van der Waals surface area contributed by atoms with Crippen molar-refractivity contribution in [2.75, 3.05) is 0 Å². The van der Waals surface area contributed by atoms with Crippen LogP contribution in [0.5, 0.6) is 0 Å². The van der Waals surface area contributed by atoms with Gasteiger partial charge in [0.15, 0.2) is 0 Å². The van der Waals surface area contributed by atoms with Gasteiger partial charge in [-0.05, 0) is 5.92 Å². The van der Waals surface area contributed by atoms with Crippen molar-refractivity contribution in [3.63, 3.8) is 0 Å². The van der Waals surface area contributed by atoms with E-state index in [-0.39, 0.29) is 0 Å². The summed E-state index contributed by atoms with van der Waals surface area (Å²) in [5.74, 6) is 0.490. The van der Waals surface area contributed by atoms with Crippen molar-refractivity contribution in [1.29, 1.82) is 0 Å². The molecule has 2 heteroatoms. The highest BCUT2D eigenvalue weighted by atomic mass is 14.8. The summed E-state index contributed by atoms with van der Waals surface area (Å²) in [6, 6.07) is 0. The fraction of sp³-hybridized carbons (Fsp3) is 0.400. The fourth-order valence-corrected chi connectivity index (χ4v) is 1.54. The molecular formula is C10H12N2. The molecule has 0 saturated carbocycles. The first kappa shape index (κ1) is 7.47. The van der Waals surface area contributed by atoms with E-state index in [1.54, 1.807) is 6.33 Å². The van der Waals surface area contributed by atoms with Crippen LogP contribution in [-0.2, 0) is 6.42 Å². The molecule has 0 spiro atoms. The second kappa shape index (κ2) is 2.70. The van der Waals surface area contributed by atoms with Crippen molar-refractivity contribution in [2.45, 2.75) is 26.2 Å². The van der Waals surface area contributed by atoms with Crippen LogP contribution in [0.4, 0.5) is 0 Å². The van der Waals surface area contributed by atoms with Gasteiger partial charge in [-0.15, -0.1) is 0 Å². The normalized spacial score (nSPS) is 13.9. The summed E-state index contributed by atoms with van der Waals surface area (Å²) in [5.41, 5.74) is 3.59. The molecule has 2 rings (SSSR count). The Bertz CT molecular complexity index is 327. The predicted octanol–water partition coefficient (Wildman–Crippen LogP) is 2.17. The van der Waals surface area contributed by atoms with E-state index in [1.807, 2.05) is 0 Å². The minimum atomic E-state index is 0.490.